The van der Waals surface area contributed by atoms with E-state index in [4.69, 9.17) is 20.3 Å². The number of aliphatic carboxylic acids is 1. The highest BCUT2D eigenvalue weighted by Gasteiger charge is 2.42. The number of aromatic nitrogens is 2. The number of carbonyl (C=O) groups excluding carboxylic acids is 3. The van der Waals surface area contributed by atoms with Gasteiger partial charge >= 0.3 is 18.2 Å². The Balaban J connectivity index is 0.000000242. The molecule has 2 fully saturated rings. The Morgan fingerprint density at radius 2 is 1.07 bits per heavy atom. The van der Waals surface area contributed by atoms with E-state index in [0.29, 0.717) is 28.1 Å². The number of Topliss-reactive ketones (excluding diaryl/α,β-unsaturated/α-hetero) is 1. The Bertz CT molecular complexity index is 2330. The zero-order chi connectivity index (χ0) is 50.0. The number of carboxylic acid groups (broad SMARTS) is 1. The summed E-state index contributed by atoms with van der Waals surface area (Å²) in [6, 6.07) is 11.6. The number of hydrogen-bond acceptors (Lipinski definition) is 9. The van der Waals surface area contributed by atoms with Gasteiger partial charge in [-0.15, -0.1) is 0 Å². The number of carbonyl (C=O) groups is 4. The van der Waals surface area contributed by atoms with Crippen molar-refractivity contribution in [2.75, 3.05) is 13.1 Å². The average molecular weight is 952 g/mol. The van der Waals surface area contributed by atoms with Crippen molar-refractivity contribution in [2.24, 2.45) is 5.73 Å². The largest absolute Gasteiger partial charge is 0.480 e. The van der Waals surface area contributed by atoms with Crippen molar-refractivity contribution in [1.82, 2.24) is 19.8 Å². The second-order valence-corrected chi connectivity index (χ2v) is 17.6. The molecule has 67 heavy (non-hydrogen) atoms. The van der Waals surface area contributed by atoms with Gasteiger partial charge in [0.1, 0.15) is 41.2 Å². The number of alkyl halides is 6. The number of amides is 2. The number of likely N-dealkylation sites (tertiary alicyclic amines) is 2. The molecule has 6 rings (SSSR count). The van der Waals surface area contributed by atoms with E-state index in [2.05, 4.69) is 9.97 Å². The summed E-state index contributed by atoms with van der Waals surface area (Å²) in [5, 5.41) is 8.83. The molecule has 0 aliphatic carbocycles. The molecule has 2 aliphatic heterocycles. The van der Waals surface area contributed by atoms with E-state index in [-0.39, 0.29) is 67.8 Å². The maximum Gasteiger partial charge on any atom is 0.411 e. The first-order valence-electron chi connectivity index (χ1n) is 21.1. The molecule has 3 N–H and O–H groups in total. The van der Waals surface area contributed by atoms with Crippen molar-refractivity contribution in [3.05, 3.63) is 107 Å². The van der Waals surface area contributed by atoms with Crippen molar-refractivity contribution in [3.8, 4) is 22.3 Å². The van der Waals surface area contributed by atoms with Crippen molar-refractivity contribution < 1.29 is 68.9 Å². The SMILES string of the molecule is CC(C)(C)OC(=O)N1C[C@H](F)C[C@H]1C(=O)CCc1cc(-c2ccc(C(F)F)cc2)c(F)cn1.CC(C)(C)OC(=O)N1C[C@H](F)C[C@H]1C(=O)O.NCc1cc(-c2ccc(C(F)F)cc2)c(F)cn1. The fourth-order valence-electron chi connectivity index (χ4n) is 6.84. The Morgan fingerprint density at radius 3 is 1.46 bits per heavy atom. The van der Waals surface area contributed by atoms with Gasteiger partial charge in [0.2, 0.25) is 0 Å². The lowest BCUT2D eigenvalue weighted by Gasteiger charge is -2.27. The third-order valence-electron chi connectivity index (χ3n) is 10.0. The summed E-state index contributed by atoms with van der Waals surface area (Å²) in [5.41, 5.74) is 6.04. The maximum absolute atomic E-state index is 14.3. The maximum atomic E-state index is 14.3. The molecule has 2 aliphatic rings. The summed E-state index contributed by atoms with van der Waals surface area (Å²) < 4.78 is 116. The average Bonchev–Trinajstić information content (AvgIpc) is 3.86. The summed E-state index contributed by atoms with van der Waals surface area (Å²) in [6.45, 7) is 9.83. The lowest BCUT2D eigenvalue weighted by Crippen LogP contribution is -2.43. The van der Waals surface area contributed by atoms with Gasteiger partial charge in [0.25, 0.3) is 12.9 Å². The molecule has 0 spiro atoms. The highest BCUT2D eigenvalue weighted by Crippen LogP contribution is 2.30. The molecule has 0 radical (unpaired) electrons. The molecular formula is C47H53F8N5O7. The Labute approximate surface area is 382 Å². The second kappa shape index (κ2) is 23.0. The predicted molar refractivity (Wildman–Crippen MR) is 231 cm³/mol. The van der Waals surface area contributed by atoms with Gasteiger partial charge in [0, 0.05) is 53.8 Å². The van der Waals surface area contributed by atoms with Crippen LogP contribution in [0, 0.1) is 11.6 Å². The second-order valence-electron chi connectivity index (χ2n) is 17.6. The van der Waals surface area contributed by atoms with Crippen LogP contribution in [0.15, 0.2) is 73.1 Å². The molecule has 2 aromatic heterocycles. The van der Waals surface area contributed by atoms with Gasteiger partial charge in [-0.2, -0.15) is 0 Å². The van der Waals surface area contributed by atoms with Crippen molar-refractivity contribution in [2.45, 2.75) is 122 Å². The first kappa shape index (κ1) is 53.4. The van der Waals surface area contributed by atoms with Gasteiger partial charge in [-0.05, 0) is 71.2 Å². The van der Waals surface area contributed by atoms with E-state index >= 15 is 0 Å². The number of hydrogen-bond donors (Lipinski definition) is 2. The van der Waals surface area contributed by atoms with Crippen LogP contribution in [-0.2, 0) is 32.0 Å². The number of ketones is 1. The fourth-order valence-corrected chi connectivity index (χ4v) is 6.84. The van der Waals surface area contributed by atoms with Gasteiger partial charge in [-0.3, -0.25) is 24.6 Å². The van der Waals surface area contributed by atoms with Gasteiger partial charge in [0.05, 0.1) is 37.2 Å². The summed E-state index contributed by atoms with van der Waals surface area (Å²) in [5.74, 6) is -2.67. The van der Waals surface area contributed by atoms with Crippen LogP contribution < -0.4 is 5.73 Å². The van der Waals surface area contributed by atoms with Crippen LogP contribution in [0.3, 0.4) is 0 Å². The molecular weight excluding hydrogens is 899 g/mol. The Morgan fingerprint density at radius 1 is 0.687 bits per heavy atom. The summed E-state index contributed by atoms with van der Waals surface area (Å²) in [7, 11) is 0. The Hall–Kier alpha value is -6.18. The number of nitrogens with zero attached hydrogens (tertiary/aromatic N) is 4. The third kappa shape index (κ3) is 15.7. The van der Waals surface area contributed by atoms with Crippen LogP contribution in [-0.4, -0.2) is 97.5 Å². The van der Waals surface area contributed by atoms with Crippen LogP contribution >= 0.6 is 0 Å². The standard InChI is InChI=1S/C24H26F4N2O3.C13H11F3N2.C10H16FNO4/c1-24(2,3)33-23(32)30-13-16(25)10-20(30)21(31)9-8-17-11-18(19(26)12-29-17)14-4-6-15(7-5-14)22(27)28;14-12-7-18-10(6-17)5-11(12)8-1-3-9(4-2-8)13(15)16;1-10(2,3)16-9(15)12-5-6(11)4-7(12)8(13)14/h4-7,11-12,16,20,22H,8-10,13H2,1-3H3;1-5,7,13H,6,17H2;6-7H,4-5H2,1-3H3,(H,13,14)/t16-,20+;;6-,7+/m1.1/s1. The summed E-state index contributed by atoms with van der Waals surface area (Å²) in [4.78, 5) is 57.4. The number of rotatable bonds is 10. The minimum Gasteiger partial charge on any atom is -0.480 e. The van der Waals surface area contributed by atoms with Crippen molar-refractivity contribution in [3.63, 3.8) is 0 Å². The molecule has 2 aromatic carbocycles. The first-order chi connectivity index (χ1) is 31.3. The number of ether oxygens (including phenoxy) is 2. The first-order valence-corrected chi connectivity index (χ1v) is 21.1. The zero-order valence-electron chi connectivity index (χ0n) is 37.6. The molecule has 4 heterocycles. The van der Waals surface area contributed by atoms with Gasteiger partial charge in [-0.1, -0.05) is 48.5 Å². The van der Waals surface area contributed by atoms with Gasteiger partial charge < -0.3 is 20.3 Å². The molecule has 2 amide bonds. The van der Waals surface area contributed by atoms with E-state index in [1.807, 2.05) is 0 Å². The van der Waals surface area contributed by atoms with E-state index < -0.39 is 78.3 Å². The number of carboxylic acids is 1. The number of halogens is 8. The molecule has 0 bridgehead atoms. The Kier molecular flexibility index (Phi) is 18.4. The quantitative estimate of drug-likeness (QED) is 0.146. The van der Waals surface area contributed by atoms with Crippen LogP contribution in [0.25, 0.3) is 22.3 Å². The molecule has 0 unspecified atom stereocenters. The fraction of sp³-hybridized carbons (Fsp3) is 0.447. The van der Waals surface area contributed by atoms with Crippen molar-refractivity contribution >= 4 is 23.9 Å². The van der Waals surface area contributed by atoms with Crippen LogP contribution in [0.4, 0.5) is 44.7 Å². The molecule has 2 saturated heterocycles. The lowest BCUT2D eigenvalue weighted by molar-refractivity contribution is -0.142. The predicted octanol–water partition coefficient (Wildman–Crippen LogP) is 10.4. The van der Waals surface area contributed by atoms with E-state index in [1.165, 1.54) is 60.7 Å². The molecule has 364 valence electrons. The van der Waals surface area contributed by atoms with E-state index in [0.717, 1.165) is 22.2 Å². The van der Waals surface area contributed by atoms with E-state index in [9.17, 15) is 54.3 Å². The van der Waals surface area contributed by atoms with Gasteiger partial charge in [0.15, 0.2) is 5.78 Å². The monoisotopic (exact) mass is 951 g/mol. The normalized spacial score (nSPS) is 18.2. The van der Waals surface area contributed by atoms with Crippen LogP contribution in [0.2, 0.25) is 0 Å². The molecule has 12 nitrogen and oxygen atoms in total. The minimum atomic E-state index is -2.62. The number of aryl methyl sites for hydroxylation is 1. The smallest absolute Gasteiger partial charge is 0.411 e. The summed E-state index contributed by atoms with van der Waals surface area (Å²) >= 11 is 0. The molecule has 4 aromatic rings. The zero-order valence-corrected chi connectivity index (χ0v) is 37.6. The number of pyridine rings is 2. The lowest BCUT2D eigenvalue weighted by atomic mass is 10.0. The molecule has 0 saturated carbocycles. The third-order valence-corrected chi connectivity index (χ3v) is 10.0. The summed E-state index contributed by atoms with van der Waals surface area (Å²) in [6.07, 6.45) is -7.35. The molecule has 20 heteroatoms. The molecule has 4 atom stereocenters. The highest BCUT2D eigenvalue weighted by molar-refractivity contribution is 5.88. The highest BCUT2D eigenvalue weighted by atomic mass is 19.3. The van der Waals surface area contributed by atoms with Crippen LogP contribution in [0.5, 0.6) is 0 Å². The topological polar surface area (TPSA) is 165 Å². The number of benzene rings is 2. The van der Waals surface area contributed by atoms with Gasteiger partial charge in [-0.25, -0.2) is 49.5 Å². The minimum absolute atomic E-state index is 0.0287. The van der Waals surface area contributed by atoms with Crippen LogP contribution in [0.1, 0.15) is 96.2 Å². The van der Waals surface area contributed by atoms with E-state index in [1.54, 1.807) is 41.5 Å². The van der Waals surface area contributed by atoms with Crippen molar-refractivity contribution in [1.29, 1.82) is 0 Å². The number of nitrogens with two attached hydrogens (primary N) is 1.